The number of ketones is 1. The van der Waals surface area contributed by atoms with E-state index in [1.165, 1.54) is 27.7 Å². The number of carbonyl (C=O) groups is 3. The second-order valence-electron chi connectivity index (χ2n) is 4.38. The predicted molar refractivity (Wildman–Crippen MR) is 91.0 cm³/mol. The number of allylic oxidation sites excluding steroid dienone is 4. The van der Waals surface area contributed by atoms with Gasteiger partial charge < -0.3 is 24.8 Å². The Kier molecular flexibility index (Phi) is 25.2. The van der Waals surface area contributed by atoms with Crippen LogP contribution < -0.4 is 15.3 Å². The molecule has 0 heterocycles. The molecule has 0 aromatic carbocycles. The third-order valence-corrected chi connectivity index (χ3v) is 1.62. The number of ether oxygens (including phenoxy) is 2. The van der Waals surface area contributed by atoms with Crippen LogP contribution in [0.1, 0.15) is 41.5 Å². The molecule has 0 aliphatic heterocycles. The average molecular weight is 384 g/mol. The van der Waals surface area contributed by atoms with Gasteiger partial charge in [-0.2, -0.15) is 0 Å². The van der Waals surface area contributed by atoms with Crippen LogP contribution in [0.3, 0.4) is 0 Å². The predicted octanol–water partition coefficient (Wildman–Crippen LogP) is -0.914. The number of hydrogen-bond acceptors (Lipinski definition) is 8. The molecule has 0 aromatic heterocycles. The molecule has 0 N–H and O–H groups in total. The third kappa shape index (κ3) is 37.8. The van der Waals surface area contributed by atoms with Crippen molar-refractivity contribution in [3.8, 4) is 0 Å². The Morgan fingerprint density at radius 3 is 1.08 bits per heavy atom. The average Bonchev–Trinajstić information content (AvgIpc) is 2.36. The van der Waals surface area contributed by atoms with Crippen molar-refractivity contribution in [1.29, 1.82) is 0 Å². The molecular weight excluding hydrogens is 359 g/mol. The molecule has 9 heteroatoms. The molecule has 144 valence electrons. The van der Waals surface area contributed by atoms with Gasteiger partial charge in [0.25, 0.3) is 0 Å². The first-order valence-electron chi connectivity index (χ1n) is 7.36. The Hall–Kier alpha value is -2.24. The van der Waals surface area contributed by atoms with Crippen molar-refractivity contribution in [2.24, 2.45) is 0 Å². The minimum Gasteiger partial charge on any atom is -0.876 e. The summed E-state index contributed by atoms with van der Waals surface area (Å²) in [6, 6.07) is 0. The Balaban J connectivity index is -0.000000138. The Labute approximate surface area is 164 Å². The molecule has 8 nitrogen and oxygen atoms in total. The van der Waals surface area contributed by atoms with Gasteiger partial charge in [-0.3, -0.25) is 4.79 Å². The van der Waals surface area contributed by atoms with Crippen LogP contribution in [-0.2, 0) is 23.9 Å². The first-order chi connectivity index (χ1) is 11.5. The first kappa shape index (κ1) is 31.5. The minimum atomic E-state index is -0.565. The fraction of sp³-hybridized carbons (Fsp3) is 0.471. The quantitative estimate of drug-likeness (QED) is 0.257. The normalized spacial score (nSPS) is 10.8. The van der Waals surface area contributed by atoms with Gasteiger partial charge >= 0.3 is 29.3 Å². The summed E-state index contributed by atoms with van der Waals surface area (Å²) >= 11 is 0. The molecule has 26 heavy (non-hydrogen) atoms. The topological polar surface area (TPSA) is 139 Å². The smallest absolute Gasteiger partial charge is 0.876 e. The molecule has 0 saturated carbocycles. The molecule has 0 aromatic rings. The zero-order valence-electron chi connectivity index (χ0n) is 16.0. The summed E-state index contributed by atoms with van der Waals surface area (Å²) in [4.78, 5) is 30.7. The summed E-state index contributed by atoms with van der Waals surface area (Å²) < 4.78 is 8.87. The zero-order valence-corrected chi connectivity index (χ0v) is 17.1. The van der Waals surface area contributed by atoms with Crippen LogP contribution in [-0.4, -0.2) is 48.3 Å². The van der Waals surface area contributed by atoms with Crippen molar-refractivity contribution in [2.75, 3.05) is 13.2 Å². The van der Waals surface area contributed by atoms with E-state index in [0.29, 0.717) is 13.2 Å². The molecule has 0 unspecified atom stereocenters. The molecule has 0 aliphatic carbocycles. The van der Waals surface area contributed by atoms with E-state index in [0.717, 1.165) is 18.2 Å². The first-order valence-corrected chi connectivity index (χ1v) is 7.36. The van der Waals surface area contributed by atoms with Crippen molar-refractivity contribution < 1.29 is 39.2 Å². The zero-order chi connectivity index (χ0) is 20.4. The van der Waals surface area contributed by atoms with Crippen molar-refractivity contribution in [2.45, 2.75) is 41.5 Å². The standard InChI is InChI=1S/2C6H10O3.C5H8O2.Al/c2*1-3-9-6(8)4-5(2)7;1-4(6)3-5(2)7;/h2*4,7H,3H2,1-2H3;3,6H,1-2H3;/q;;;+3/p-3/b5-4+;5-4-;4-3+;. The summed E-state index contributed by atoms with van der Waals surface area (Å²) in [6.45, 7) is 9.29. The van der Waals surface area contributed by atoms with Gasteiger partial charge in [0, 0.05) is 12.2 Å². The van der Waals surface area contributed by atoms with Crippen LogP contribution >= 0.6 is 0 Å². The second kappa shape index (κ2) is 20.8. The van der Waals surface area contributed by atoms with E-state index < -0.39 is 11.9 Å². The van der Waals surface area contributed by atoms with E-state index in [9.17, 15) is 29.7 Å². The maximum absolute atomic E-state index is 10.4. The SMILES string of the molecule is CC(=O)/C=C(\C)[O-].CCOC(=O)/C=C(/C)[O-].CCOC(=O)/C=C(\C)[O-].[Al+3]. The van der Waals surface area contributed by atoms with E-state index in [4.69, 9.17) is 0 Å². The van der Waals surface area contributed by atoms with E-state index in [-0.39, 0.29) is 40.4 Å². The van der Waals surface area contributed by atoms with Crippen LogP contribution in [0.15, 0.2) is 35.5 Å². The minimum absolute atomic E-state index is 0. The van der Waals surface area contributed by atoms with Crippen molar-refractivity contribution in [3.63, 3.8) is 0 Å². The summed E-state index contributed by atoms with van der Waals surface area (Å²) in [5, 5.41) is 30.3. The van der Waals surface area contributed by atoms with Crippen LogP contribution in [0.2, 0.25) is 0 Å². The molecule has 0 saturated heterocycles. The molecule has 0 fully saturated rings. The number of hydrogen-bond donors (Lipinski definition) is 0. The van der Waals surface area contributed by atoms with Crippen LogP contribution in [0.5, 0.6) is 0 Å². The van der Waals surface area contributed by atoms with E-state index >= 15 is 0 Å². The van der Waals surface area contributed by atoms with E-state index in [1.807, 2.05) is 0 Å². The summed E-state index contributed by atoms with van der Waals surface area (Å²) in [5.41, 5.74) is 0. The number of esters is 2. The summed E-state index contributed by atoms with van der Waals surface area (Å²) in [6.07, 6.45) is 2.90. The van der Waals surface area contributed by atoms with Crippen LogP contribution in [0.4, 0.5) is 0 Å². The molecule has 0 bridgehead atoms. The second-order valence-corrected chi connectivity index (χ2v) is 4.38. The Bertz CT molecular complexity index is 463. The molecule has 0 spiro atoms. The fourth-order valence-corrected chi connectivity index (χ4v) is 0.986. The Morgan fingerprint density at radius 1 is 0.692 bits per heavy atom. The number of carbonyl (C=O) groups excluding carboxylic acids is 3. The van der Waals surface area contributed by atoms with Gasteiger partial charge in [-0.25, -0.2) is 9.59 Å². The summed E-state index contributed by atoms with van der Waals surface area (Å²) in [7, 11) is 0. The van der Waals surface area contributed by atoms with Gasteiger partial charge in [-0.15, -0.1) is 17.3 Å². The van der Waals surface area contributed by atoms with Crippen molar-refractivity contribution >= 4 is 35.1 Å². The molecular formula is C17H25AlO8. The molecule has 0 radical (unpaired) electrons. The molecule has 0 atom stereocenters. The molecule has 0 rings (SSSR count). The number of rotatable bonds is 5. The van der Waals surface area contributed by atoms with Gasteiger partial charge in [-0.1, -0.05) is 20.8 Å². The van der Waals surface area contributed by atoms with Crippen LogP contribution in [0.25, 0.3) is 0 Å². The molecule has 0 amide bonds. The van der Waals surface area contributed by atoms with Gasteiger partial charge in [0.1, 0.15) is 0 Å². The van der Waals surface area contributed by atoms with Gasteiger partial charge in [-0.05, 0) is 26.8 Å². The largest absolute Gasteiger partial charge is 3.00 e. The van der Waals surface area contributed by atoms with Gasteiger partial charge in [0.2, 0.25) is 0 Å². The van der Waals surface area contributed by atoms with Gasteiger partial charge in [0.15, 0.2) is 5.78 Å². The molecule has 0 aliphatic rings. The van der Waals surface area contributed by atoms with Gasteiger partial charge in [0.05, 0.1) is 13.2 Å². The van der Waals surface area contributed by atoms with Crippen molar-refractivity contribution in [1.82, 2.24) is 0 Å². The summed E-state index contributed by atoms with van der Waals surface area (Å²) in [5.74, 6) is -2.07. The maximum atomic E-state index is 10.4. The van der Waals surface area contributed by atoms with E-state index in [2.05, 4.69) is 9.47 Å². The monoisotopic (exact) mass is 384 g/mol. The van der Waals surface area contributed by atoms with Crippen LogP contribution in [0, 0.1) is 0 Å². The Morgan fingerprint density at radius 2 is 0.962 bits per heavy atom. The third-order valence-electron chi connectivity index (χ3n) is 1.62. The maximum Gasteiger partial charge on any atom is 3.00 e. The van der Waals surface area contributed by atoms with Crippen molar-refractivity contribution in [3.05, 3.63) is 35.5 Å². The van der Waals surface area contributed by atoms with E-state index in [1.54, 1.807) is 13.8 Å². The fourth-order valence-electron chi connectivity index (χ4n) is 0.986.